The van der Waals surface area contributed by atoms with Gasteiger partial charge >= 0.3 is 0 Å². The maximum absolute atomic E-state index is 12.1. The van der Waals surface area contributed by atoms with Crippen LogP contribution in [0.25, 0.3) is 11.4 Å². The highest BCUT2D eigenvalue weighted by Gasteiger charge is 2.21. The van der Waals surface area contributed by atoms with Crippen molar-refractivity contribution in [1.82, 2.24) is 19.7 Å². The van der Waals surface area contributed by atoms with Gasteiger partial charge in [-0.15, -0.1) is 16.8 Å². The second-order valence-electron chi connectivity index (χ2n) is 5.43. The summed E-state index contributed by atoms with van der Waals surface area (Å²) < 4.78 is 7.14. The third-order valence-corrected chi connectivity index (χ3v) is 4.52. The van der Waals surface area contributed by atoms with Gasteiger partial charge in [0, 0.05) is 26.2 Å². The Labute approximate surface area is 146 Å². The molecule has 1 aromatic heterocycles. The van der Waals surface area contributed by atoms with Crippen molar-refractivity contribution in [2.75, 3.05) is 21.2 Å². The summed E-state index contributed by atoms with van der Waals surface area (Å²) in [6.45, 7) is 6.24. The van der Waals surface area contributed by atoms with Crippen LogP contribution < -0.4 is 4.74 Å². The Morgan fingerprint density at radius 1 is 1.38 bits per heavy atom. The van der Waals surface area contributed by atoms with Gasteiger partial charge in [0.1, 0.15) is 5.75 Å². The summed E-state index contributed by atoms with van der Waals surface area (Å²) >= 11 is 1.40. The molecular formula is C17H22N4O2S. The van der Waals surface area contributed by atoms with Crippen LogP contribution in [0.15, 0.2) is 42.1 Å². The zero-order valence-electron chi connectivity index (χ0n) is 14.4. The van der Waals surface area contributed by atoms with E-state index in [1.807, 2.05) is 35.8 Å². The molecule has 7 heteroatoms. The predicted octanol–water partition coefficient (Wildman–Crippen LogP) is 2.71. The topological polar surface area (TPSA) is 60.2 Å². The molecule has 0 fully saturated rings. The molecule has 128 valence electrons. The Morgan fingerprint density at radius 2 is 2.04 bits per heavy atom. The van der Waals surface area contributed by atoms with Crippen molar-refractivity contribution in [3.8, 4) is 17.1 Å². The maximum Gasteiger partial charge on any atom is 0.235 e. The van der Waals surface area contributed by atoms with Gasteiger partial charge in [-0.05, 0) is 31.2 Å². The molecule has 1 aromatic carbocycles. The Bertz CT molecular complexity index is 710. The lowest BCUT2D eigenvalue weighted by molar-refractivity contribution is -0.127. The lowest BCUT2D eigenvalue weighted by Gasteiger charge is -2.16. The first-order valence-corrected chi connectivity index (χ1v) is 8.42. The molecular weight excluding hydrogens is 324 g/mol. The number of thioether (sulfide) groups is 1. The number of nitrogens with zero attached hydrogens (tertiary/aromatic N) is 4. The quantitative estimate of drug-likeness (QED) is 0.570. The molecule has 1 heterocycles. The van der Waals surface area contributed by atoms with E-state index in [0.717, 1.165) is 17.1 Å². The van der Waals surface area contributed by atoms with Crippen LogP contribution >= 0.6 is 11.8 Å². The molecule has 0 aliphatic heterocycles. The molecule has 0 aliphatic rings. The van der Waals surface area contributed by atoms with Crippen LogP contribution in [0.3, 0.4) is 0 Å². The SMILES string of the molecule is C=CCn1c(S[C@@H](C)C(=O)N(C)C)nnc1-c1ccc(OC)cc1. The predicted molar refractivity (Wildman–Crippen MR) is 96.2 cm³/mol. The lowest BCUT2D eigenvalue weighted by atomic mass is 10.2. The molecule has 0 aliphatic carbocycles. The number of hydrogen-bond acceptors (Lipinski definition) is 5. The van der Waals surface area contributed by atoms with Crippen LogP contribution in [0.2, 0.25) is 0 Å². The number of carbonyl (C=O) groups is 1. The van der Waals surface area contributed by atoms with Gasteiger partial charge in [-0.2, -0.15) is 0 Å². The number of ether oxygens (including phenoxy) is 1. The summed E-state index contributed by atoms with van der Waals surface area (Å²) in [5, 5.41) is 9.02. The fraction of sp³-hybridized carbons (Fsp3) is 0.353. The number of benzene rings is 1. The van der Waals surface area contributed by atoms with Gasteiger partial charge in [0.15, 0.2) is 11.0 Å². The average molecular weight is 346 g/mol. The smallest absolute Gasteiger partial charge is 0.235 e. The van der Waals surface area contributed by atoms with E-state index in [2.05, 4.69) is 16.8 Å². The van der Waals surface area contributed by atoms with E-state index in [9.17, 15) is 4.79 Å². The van der Waals surface area contributed by atoms with Gasteiger partial charge in [-0.1, -0.05) is 17.8 Å². The van der Waals surface area contributed by atoms with Crippen LogP contribution in [0, 0.1) is 0 Å². The van der Waals surface area contributed by atoms with Gasteiger partial charge in [-0.3, -0.25) is 9.36 Å². The van der Waals surface area contributed by atoms with Crippen LogP contribution in [0.1, 0.15) is 6.92 Å². The van der Waals surface area contributed by atoms with E-state index < -0.39 is 0 Å². The third-order valence-electron chi connectivity index (χ3n) is 3.45. The second kappa shape index (κ2) is 8.01. The average Bonchev–Trinajstić information content (AvgIpc) is 2.97. The number of allylic oxidation sites excluding steroid dienone is 1. The zero-order chi connectivity index (χ0) is 17.7. The standard InChI is InChI=1S/C17H22N4O2S/c1-6-11-21-15(13-7-9-14(23-5)10-8-13)18-19-17(21)24-12(2)16(22)20(3)4/h6-10,12H,1,11H2,2-5H3/t12-/m0/s1. The number of methoxy groups -OCH3 is 1. The minimum atomic E-state index is -0.239. The summed E-state index contributed by atoms with van der Waals surface area (Å²) in [7, 11) is 5.13. The summed E-state index contributed by atoms with van der Waals surface area (Å²) in [6, 6.07) is 7.64. The fourth-order valence-corrected chi connectivity index (χ4v) is 3.20. The van der Waals surface area contributed by atoms with E-state index >= 15 is 0 Å². The normalized spacial score (nSPS) is 11.8. The van der Waals surface area contributed by atoms with E-state index in [-0.39, 0.29) is 11.2 Å². The first-order valence-electron chi connectivity index (χ1n) is 7.54. The third kappa shape index (κ3) is 3.97. The number of amides is 1. The minimum absolute atomic E-state index is 0.0409. The van der Waals surface area contributed by atoms with Crippen LogP contribution in [0.5, 0.6) is 5.75 Å². The monoisotopic (exact) mass is 346 g/mol. The molecule has 6 nitrogen and oxygen atoms in total. The van der Waals surface area contributed by atoms with Crippen LogP contribution in [-0.4, -0.2) is 52.0 Å². The molecule has 1 amide bonds. The van der Waals surface area contributed by atoms with Crippen molar-refractivity contribution < 1.29 is 9.53 Å². The Morgan fingerprint density at radius 3 is 2.58 bits per heavy atom. The van der Waals surface area contributed by atoms with Crippen LogP contribution in [-0.2, 0) is 11.3 Å². The number of carbonyl (C=O) groups excluding carboxylic acids is 1. The molecule has 24 heavy (non-hydrogen) atoms. The van der Waals surface area contributed by atoms with Gasteiger partial charge in [0.25, 0.3) is 0 Å². The largest absolute Gasteiger partial charge is 0.497 e. The second-order valence-corrected chi connectivity index (χ2v) is 6.73. The molecule has 1 atom stereocenters. The first kappa shape index (κ1) is 18.1. The summed E-state index contributed by atoms with van der Waals surface area (Å²) in [5.74, 6) is 1.57. The summed E-state index contributed by atoms with van der Waals surface area (Å²) in [4.78, 5) is 13.7. The fourth-order valence-electron chi connectivity index (χ4n) is 2.20. The molecule has 0 bridgehead atoms. The highest BCUT2D eigenvalue weighted by atomic mass is 32.2. The highest BCUT2D eigenvalue weighted by molar-refractivity contribution is 8.00. The summed E-state index contributed by atoms with van der Waals surface area (Å²) in [5.41, 5.74) is 0.934. The molecule has 2 rings (SSSR count). The number of aromatic nitrogens is 3. The van der Waals surface area contributed by atoms with Crippen molar-refractivity contribution in [3.63, 3.8) is 0 Å². The zero-order valence-corrected chi connectivity index (χ0v) is 15.2. The maximum atomic E-state index is 12.1. The first-order chi connectivity index (χ1) is 11.5. The molecule has 0 saturated carbocycles. The van der Waals surface area contributed by atoms with Crippen LogP contribution in [0.4, 0.5) is 0 Å². The molecule has 0 spiro atoms. The number of hydrogen-bond donors (Lipinski definition) is 0. The van der Waals surface area contributed by atoms with E-state index in [1.54, 1.807) is 32.2 Å². The minimum Gasteiger partial charge on any atom is -0.497 e. The van der Waals surface area contributed by atoms with Crippen molar-refractivity contribution in [2.45, 2.75) is 23.9 Å². The molecule has 0 radical (unpaired) electrons. The molecule has 0 unspecified atom stereocenters. The Kier molecular flexibility index (Phi) is 6.03. The molecule has 0 saturated heterocycles. The van der Waals surface area contributed by atoms with Crippen molar-refractivity contribution in [1.29, 1.82) is 0 Å². The lowest BCUT2D eigenvalue weighted by Crippen LogP contribution is -2.29. The molecule has 0 N–H and O–H groups in total. The van der Waals surface area contributed by atoms with Crippen molar-refractivity contribution in [3.05, 3.63) is 36.9 Å². The molecule has 2 aromatic rings. The van der Waals surface area contributed by atoms with Gasteiger partial charge in [0.2, 0.25) is 5.91 Å². The number of rotatable bonds is 7. The van der Waals surface area contributed by atoms with Crippen molar-refractivity contribution in [2.24, 2.45) is 0 Å². The van der Waals surface area contributed by atoms with Crippen molar-refractivity contribution >= 4 is 17.7 Å². The van der Waals surface area contributed by atoms with E-state index in [0.29, 0.717) is 11.7 Å². The Hall–Kier alpha value is -2.28. The van der Waals surface area contributed by atoms with Gasteiger partial charge in [0.05, 0.1) is 12.4 Å². The van der Waals surface area contributed by atoms with E-state index in [4.69, 9.17) is 4.74 Å². The Balaban J connectivity index is 2.32. The highest BCUT2D eigenvalue weighted by Crippen LogP contribution is 2.28. The van der Waals surface area contributed by atoms with Gasteiger partial charge < -0.3 is 9.64 Å². The van der Waals surface area contributed by atoms with E-state index in [1.165, 1.54) is 11.8 Å². The van der Waals surface area contributed by atoms with Gasteiger partial charge in [-0.25, -0.2) is 0 Å². The summed E-state index contributed by atoms with van der Waals surface area (Å²) in [6.07, 6.45) is 1.79.